The van der Waals surface area contributed by atoms with Crippen LogP contribution in [0.4, 0.5) is 0 Å². The molecular weight excluding hydrogens is 256 g/mol. The third-order valence-corrected chi connectivity index (χ3v) is 4.18. The van der Waals surface area contributed by atoms with Crippen molar-refractivity contribution in [2.45, 2.75) is 45.4 Å². The minimum absolute atomic E-state index is 0.180. The molecule has 1 aliphatic rings. The monoisotopic (exact) mass is 274 g/mol. The normalized spacial score (nSPS) is 17.6. The molecule has 0 atom stereocenters. The summed E-state index contributed by atoms with van der Waals surface area (Å²) in [5.41, 5.74) is 1.44. The molecular formula is C14H18N4O2. The molecule has 0 bridgehead atoms. The van der Waals surface area contributed by atoms with Gasteiger partial charge in [0.1, 0.15) is 0 Å². The van der Waals surface area contributed by atoms with E-state index >= 15 is 0 Å². The van der Waals surface area contributed by atoms with Crippen molar-refractivity contribution in [2.24, 2.45) is 5.41 Å². The third kappa shape index (κ3) is 2.37. The molecule has 1 aliphatic carbocycles. The zero-order chi connectivity index (χ0) is 14.2. The van der Waals surface area contributed by atoms with Gasteiger partial charge in [0.15, 0.2) is 11.5 Å². The lowest BCUT2D eigenvalue weighted by Gasteiger charge is -2.25. The van der Waals surface area contributed by atoms with Gasteiger partial charge < -0.3 is 5.11 Å². The van der Waals surface area contributed by atoms with Crippen LogP contribution >= 0.6 is 0 Å². The summed E-state index contributed by atoms with van der Waals surface area (Å²) in [5.74, 6) is 0.0386. The number of nitrogens with zero attached hydrogens (tertiary/aromatic N) is 4. The minimum Gasteiger partial charge on any atom is -0.481 e. The van der Waals surface area contributed by atoms with E-state index in [9.17, 15) is 4.79 Å². The Balaban J connectivity index is 1.94. The number of hydrogen-bond donors (Lipinski definition) is 1. The number of carbonyl (C=O) groups is 1. The van der Waals surface area contributed by atoms with E-state index in [1.54, 1.807) is 4.52 Å². The van der Waals surface area contributed by atoms with Gasteiger partial charge >= 0.3 is 5.97 Å². The second-order valence-electron chi connectivity index (χ2n) is 5.82. The summed E-state index contributed by atoms with van der Waals surface area (Å²) >= 11 is 0. The number of carboxylic acids is 1. The van der Waals surface area contributed by atoms with Gasteiger partial charge in [-0.1, -0.05) is 12.8 Å². The summed E-state index contributed by atoms with van der Waals surface area (Å²) in [6.45, 7) is 1.92. The molecule has 3 rings (SSSR count). The van der Waals surface area contributed by atoms with Crippen molar-refractivity contribution in [1.29, 1.82) is 0 Å². The Morgan fingerprint density at radius 3 is 2.80 bits per heavy atom. The molecule has 6 heteroatoms. The van der Waals surface area contributed by atoms with Crippen molar-refractivity contribution in [3.05, 3.63) is 23.7 Å². The highest BCUT2D eigenvalue weighted by Crippen LogP contribution is 2.43. The van der Waals surface area contributed by atoms with Crippen LogP contribution in [0.25, 0.3) is 5.65 Å². The van der Waals surface area contributed by atoms with Gasteiger partial charge in [-0.05, 0) is 37.3 Å². The largest absolute Gasteiger partial charge is 0.481 e. The van der Waals surface area contributed by atoms with Gasteiger partial charge in [-0.2, -0.15) is 9.61 Å². The van der Waals surface area contributed by atoms with Crippen molar-refractivity contribution in [2.75, 3.05) is 0 Å². The number of fused-ring (bicyclic) bond motifs is 1. The number of aryl methyl sites for hydroxylation is 1. The van der Waals surface area contributed by atoms with Gasteiger partial charge in [0.2, 0.25) is 0 Å². The van der Waals surface area contributed by atoms with Crippen LogP contribution in [0.2, 0.25) is 0 Å². The molecule has 20 heavy (non-hydrogen) atoms. The summed E-state index contributed by atoms with van der Waals surface area (Å²) in [7, 11) is 0. The van der Waals surface area contributed by atoms with Crippen LogP contribution in [0.5, 0.6) is 0 Å². The Hall–Kier alpha value is -1.98. The topological polar surface area (TPSA) is 80.4 Å². The quantitative estimate of drug-likeness (QED) is 0.922. The predicted molar refractivity (Wildman–Crippen MR) is 72.4 cm³/mol. The SMILES string of the molecule is Cc1ccc2nnc(CC3(CC(=O)O)CCCC3)n2n1. The van der Waals surface area contributed by atoms with E-state index in [0.29, 0.717) is 12.1 Å². The van der Waals surface area contributed by atoms with Gasteiger partial charge in [-0.25, -0.2) is 0 Å². The summed E-state index contributed by atoms with van der Waals surface area (Å²) < 4.78 is 1.75. The number of aromatic nitrogens is 4. The number of rotatable bonds is 4. The maximum absolute atomic E-state index is 11.1. The fourth-order valence-electron chi connectivity index (χ4n) is 3.23. The van der Waals surface area contributed by atoms with Gasteiger partial charge in [0.25, 0.3) is 0 Å². The van der Waals surface area contributed by atoms with Gasteiger partial charge in [0.05, 0.1) is 12.1 Å². The Bertz CT molecular complexity index is 644. The van der Waals surface area contributed by atoms with Crippen molar-refractivity contribution in [3.63, 3.8) is 0 Å². The van der Waals surface area contributed by atoms with Crippen LogP contribution in [-0.4, -0.2) is 30.9 Å². The molecule has 0 unspecified atom stereocenters. The third-order valence-electron chi connectivity index (χ3n) is 4.18. The second kappa shape index (κ2) is 4.85. The fourth-order valence-corrected chi connectivity index (χ4v) is 3.23. The van der Waals surface area contributed by atoms with Crippen LogP contribution in [0.3, 0.4) is 0 Å². The van der Waals surface area contributed by atoms with Crippen molar-refractivity contribution < 1.29 is 9.90 Å². The van der Waals surface area contributed by atoms with E-state index < -0.39 is 5.97 Å². The lowest BCUT2D eigenvalue weighted by molar-refractivity contribution is -0.139. The molecule has 1 fully saturated rings. The molecule has 0 spiro atoms. The molecule has 1 saturated carbocycles. The van der Waals surface area contributed by atoms with Crippen LogP contribution < -0.4 is 0 Å². The highest BCUT2D eigenvalue weighted by Gasteiger charge is 2.37. The highest BCUT2D eigenvalue weighted by atomic mass is 16.4. The van der Waals surface area contributed by atoms with E-state index in [4.69, 9.17) is 5.11 Å². The summed E-state index contributed by atoms with van der Waals surface area (Å²) in [6.07, 6.45) is 4.91. The van der Waals surface area contributed by atoms with Crippen LogP contribution in [-0.2, 0) is 11.2 Å². The first-order chi connectivity index (χ1) is 9.58. The molecule has 1 N–H and O–H groups in total. The molecule has 6 nitrogen and oxygen atoms in total. The molecule has 106 valence electrons. The molecule has 2 aromatic rings. The van der Waals surface area contributed by atoms with E-state index in [0.717, 1.165) is 37.2 Å². The van der Waals surface area contributed by atoms with E-state index in [2.05, 4.69) is 15.3 Å². The molecule has 2 heterocycles. The van der Waals surface area contributed by atoms with Crippen LogP contribution in [0.15, 0.2) is 12.1 Å². The van der Waals surface area contributed by atoms with E-state index in [-0.39, 0.29) is 11.8 Å². The Labute approximate surface area is 116 Å². The van der Waals surface area contributed by atoms with Crippen molar-refractivity contribution in [3.8, 4) is 0 Å². The molecule has 0 saturated heterocycles. The number of carboxylic acid groups (broad SMARTS) is 1. The lowest BCUT2D eigenvalue weighted by atomic mass is 9.79. The Kier molecular flexibility index (Phi) is 3.16. The highest BCUT2D eigenvalue weighted by molar-refractivity contribution is 5.67. The average molecular weight is 274 g/mol. The Morgan fingerprint density at radius 2 is 2.10 bits per heavy atom. The molecule has 0 amide bonds. The first-order valence-corrected chi connectivity index (χ1v) is 6.98. The first-order valence-electron chi connectivity index (χ1n) is 6.98. The molecule has 2 aromatic heterocycles. The predicted octanol–water partition coefficient (Wildman–Crippen LogP) is 2.01. The maximum atomic E-state index is 11.1. The molecule has 0 radical (unpaired) electrons. The maximum Gasteiger partial charge on any atom is 0.303 e. The van der Waals surface area contributed by atoms with Crippen LogP contribution in [0.1, 0.15) is 43.6 Å². The summed E-state index contributed by atoms with van der Waals surface area (Å²) in [4.78, 5) is 11.1. The van der Waals surface area contributed by atoms with Crippen molar-refractivity contribution in [1.82, 2.24) is 19.8 Å². The average Bonchev–Trinajstić information content (AvgIpc) is 2.97. The van der Waals surface area contributed by atoms with E-state index in [1.807, 2.05) is 19.1 Å². The molecule has 0 aromatic carbocycles. The molecule has 0 aliphatic heterocycles. The fraction of sp³-hybridized carbons (Fsp3) is 0.571. The number of hydrogen-bond acceptors (Lipinski definition) is 4. The van der Waals surface area contributed by atoms with Crippen LogP contribution in [0, 0.1) is 12.3 Å². The smallest absolute Gasteiger partial charge is 0.303 e. The number of aliphatic carboxylic acids is 1. The second-order valence-corrected chi connectivity index (χ2v) is 5.82. The van der Waals surface area contributed by atoms with Gasteiger partial charge in [0, 0.05) is 6.42 Å². The lowest BCUT2D eigenvalue weighted by Crippen LogP contribution is -2.25. The zero-order valence-corrected chi connectivity index (χ0v) is 11.5. The Morgan fingerprint density at radius 1 is 1.35 bits per heavy atom. The van der Waals surface area contributed by atoms with Gasteiger partial charge in [-0.3, -0.25) is 4.79 Å². The first kappa shape index (κ1) is 13.0. The van der Waals surface area contributed by atoms with Gasteiger partial charge in [-0.15, -0.1) is 10.2 Å². The minimum atomic E-state index is -0.732. The summed E-state index contributed by atoms with van der Waals surface area (Å²) in [6, 6.07) is 3.79. The van der Waals surface area contributed by atoms with E-state index in [1.165, 1.54) is 0 Å². The zero-order valence-electron chi connectivity index (χ0n) is 11.5. The standard InChI is InChI=1S/C14H18N4O2/c1-10-4-5-11-15-16-12(18(11)17-10)8-14(9-13(19)20)6-2-3-7-14/h4-5H,2-3,6-9H2,1H3,(H,19,20). The summed E-state index contributed by atoms with van der Waals surface area (Å²) in [5, 5.41) is 21.9. The van der Waals surface area contributed by atoms with Crippen molar-refractivity contribution >= 4 is 11.6 Å².